The maximum absolute atomic E-state index is 13.1. The third kappa shape index (κ3) is 4.29. The first-order valence-corrected chi connectivity index (χ1v) is 10.6. The summed E-state index contributed by atoms with van der Waals surface area (Å²) < 4.78 is 5.44. The normalized spacial score (nSPS) is 21.5. The van der Waals surface area contributed by atoms with E-state index < -0.39 is 0 Å². The van der Waals surface area contributed by atoms with Gasteiger partial charge >= 0.3 is 0 Å². The molecule has 0 radical (unpaired) electrons. The summed E-state index contributed by atoms with van der Waals surface area (Å²) in [7, 11) is 0. The highest BCUT2D eigenvalue weighted by Crippen LogP contribution is 2.31. The summed E-state index contributed by atoms with van der Waals surface area (Å²) in [6.45, 7) is 4.04. The van der Waals surface area contributed by atoms with E-state index in [1.807, 2.05) is 15.9 Å². The standard InChI is InChI=1S/C21H30N4O3/c26-19-14-23-20-18(25(19)15-16-6-10-28-11-7-16)12-17(13-22-20)21(27)24-8-4-2-1-3-5-9-24/h12-13,16H,1-11,14-15H2,(H,22,23). The molecule has 0 aromatic carbocycles. The van der Waals surface area contributed by atoms with Crippen molar-refractivity contribution < 1.29 is 14.3 Å². The molecule has 0 unspecified atom stereocenters. The molecule has 0 bridgehead atoms. The fourth-order valence-electron chi connectivity index (χ4n) is 4.32. The number of fused-ring (bicyclic) bond motifs is 1. The van der Waals surface area contributed by atoms with Crippen molar-refractivity contribution in [1.82, 2.24) is 9.88 Å². The van der Waals surface area contributed by atoms with Gasteiger partial charge in [-0.3, -0.25) is 9.59 Å². The van der Waals surface area contributed by atoms with Gasteiger partial charge in [0.1, 0.15) is 5.82 Å². The van der Waals surface area contributed by atoms with E-state index in [9.17, 15) is 9.59 Å². The Morgan fingerprint density at radius 1 is 1.14 bits per heavy atom. The molecular weight excluding hydrogens is 356 g/mol. The number of carbonyl (C=O) groups excluding carboxylic acids is 2. The van der Waals surface area contributed by atoms with Gasteiger partial charge in [-0.15, -0.1) is 0 Å². The Kier molecular flexibility index (Phi) is 6.10. The minimum Gasteiger partial charge on any atom is -0.381 e. The number of anilines is 2. The van der Waals surface area contributed by atoms with E-state index in [1.54, 1.807) is 6.20 Å². The molecule has 1 aromatic heterocycles. The zero-order chi connectivity index (χ0) is 19.3. The Balaban J connectivity index is 1.54. The number of ether oxygens (including phenoxy) is 1. The summed E-state index contributed by atoms with van der Waals surface area (Å²) >= 11 is 0. The quantitative estimate of drug-likeness (QED) is 0.864. The van der Waals surface area contributed by atoms with Gasteiger partial charge < -0.3 is 19.9 Å². The number of nitrogens with one attached hydrogen (secondary N) is 1. The summed E-state index contributed by atoms with van der Waals surface area (Å²) in [5.41, 5.74) is 1.31. The number of carbonyl (C=O) groups is 2. The first-order valence-electron chi connectivity index (χ1n) is 10.6. The zero-order valence-electron chi connectivity index (χ0n) is 16.5. The molecule has 152 valence electrons. The van der Waals surface area contributed by atoms with Gasteiger partial charge in [0, 0.05) is 39.0 Å². The smallest absolute Gasteiger partial charge is 0.255 e. The molecule has 0 spiro atoms. The van der Waals surface area contributed by atoms with Gasteiger partial charge in [-0.1, -0.05) is 19.3 Å². The van der Waals surface area contributed by atoms with Gasteiger partial charge in [0.05, 0.1) is 17.8 Å². The van der Waals surface area contributed by atoms with Crippen LogP contribution in [0.25, 0.3) is 0 Å². The van der Waals surface area contributed by atoms with Crippen LogP contribution in [0, 0.1) is 5.92 Å². The lowest BCUT2D eigenvalue weighted by atomic mass is 9.99. The molecule has 7 nitrogen and oxygen atoms in total. The van der Waals surface area contributed by atoms with Gasteiger partial charge in [0.25, 0.3) is 5.91 Å². The number of rotatable bonds is 3. The maximum Gasteiger partial charge on any atom is 0.255 e. The maximum atomic E-state index is 13.1. The van der Waals surface area contributed by atoms with Crippen LogP contribution in [-0.2, 0) is 9.53 Å². The molecule has 0 saturated carbocycles. The third-order valence-electron chi connectivity index (χ3n) is 6.04. The predicted molar refractivity (Wildman–Crippen MR) is 108 cm³/mol. The molecule has 28 heavy (non-hydrogen) atoms. The van der Waals surface area contributed by atoms with Crippen molar-refractivity contribution >= 4 is 23.3 Å². The molecule has 1 N–H and O–H groups in total. The lowest BCUT2D eigenvalue weighted by molar-refractivity contribution is -0.117. The van der Waals surface area contributed by atoms with Crippen molar-refractivity contribution in [2.45, 2.75) is 44.9 Å². The van der Waals surface area contributed by atoms with E-state index in [2.05, 4.69) is 10.3 Å². The Labute approximate surface area is 166 Å². The summed E-state index contributed by atoms with van der Waals surface area (Å²) in [5.74, 6) is 1.19. The highest BCUT2D eigenvalue weighted by molar-refractivity contribution is 6.04. The monoisotopic (exact) mass is 386 g/mol. The molecule has 0 atom stereocenters. The van der Waals surface area contributed by atoms with Crippen LogP contribution in [0.5, 0.6) is 0 Å². The molecule has 3 aliphatic rings. The first kappa shape index (κ1) is 19.2. The molecule has 7 heteroatoms. The number of hydrogen-bond acceptors (Lipinski definition) is 5. The molecule has 3 aliphatic heterocycles. The highest BCUT2D eigenvalue weighted by atomic mass is 16.5. The van der Waals surface area contributed by atoms with E-state index in [0.29, 0.717) is 23.8 Å². The van der Waals surface area contributed by atoms with Crippen LogP contribution < -0.4 is 10.2 Å². The van der Waals surface area contributed by atoms with Crippen LogP contribution in [0.2, 0.25) is 0 Å². The average Bonchev–Trinajstić information content (AvgIpc) is 2.70. The lowest BCUT2D eigenvalue weighted by Gasteiger charge is -2.34. The number of pyridine rings is 1. The molecule has 0 aliphatic carbocycles. The van der Waals surface area contributed by atoms with Gasteiger partial charge in [0.15, 0.2) is 0 Å². The molecule has 2 fully saturated rings. The van der Waals surface area contributed by atoms with Crippen molar-refractivity contribution in [3.63, 3.8) is 0 Å². The Hall–Kier alpha value is -2.15. The second-order valence-corrected chi connectivity index (χ2v) is 8.07. The Morgan fingerprint density at radius 3 is 2.61 bits per heavy atom. The number of nitrogens with zero attached hydrogens (tertiary/aromatic N) is 3. The van der Waals surface area contributed by atoms with E-state index >= 15 is 0 Å². The largest absolute Gasteiger partial charge is 0.381 e. The Bertz CT molecular complexity index is 710. The van der Waals surface area contributed by atoms with Gasteiger partial charge in [-0.2, -0.15) is 0 Å². The minimum atomic E-state index is 0.0289. The SMILES string of the molecule is O=C(c1cnc2c(c1)N(CC1CCOCC1)C(=O)CN2)N1CCCCCCC1. The van der Waals surface area contributed by atoms with E-state index in [1.165, 1.54) is 19.3 Å². The number of amides is 2. The number of hydrogen-bond donors (Lipinski definition) is 1. The fourth-order valence-corrected chi connectivity index (χ4v) is 4.32. The predicted octanol–water partition coefficient (Wildman–Crippen LogP) is 2.67. The average molecular weight is 386 g/mol. The highest BCUT2D eigenvalue weighted by Gasteiger charge is 2.29. The molecule has 4 rings (SSSR count). The second kappa shape index (κ2) is 8.90. The minimum absolute atomic E-state index is 0.0289. The second-order valence-electron chi connectivity index (χ2n) is 8.07. The van der Waals surface area contributed by atoms with Gasteiger partial charge in [-0.25, -0.2) is 4.98 Å². The van der Waals surface area contributed by atoms with Crippen LogP contribution in [0.1, 0.15) is 55.3 Å². The topological polar surface area (TPSA) is 74.8 Å². The van der Waals surface area contributed by atoms with Gasteiger partial charge in [0.2, 0.25) is 5.91 Å². The summed E-state index contributed by atoms with van der Waals surface area (Å²) in [6, 6.07) is 1.85. The molecule has 2 saturated heterocycles. The Morgan fingerprint density at radius 2 is 1.86 bits per heavy atom. The summed E-state index contributed by atoms with van der Waals surface area (Å²) in [6.07, 6.45) is 9.32. The van der Waals surface area contributed by atoms with E-state index in [-0.39, 0.29) is 18.4 Å². The van der Waals surface area contributed by atoms with Crippen LogP contribution in [0.4, 0.5) is 11.5 Å². The molecule has 4 heterocycles. The third-order valence-corrected chi connectivity index (χ3v) is 6.04. The van der Waals surface area contributed by atoms with Crippen LogP contribution in [0.3, 0.4) is 0 Å². The van der Waals surface area contributed by atoms with Crippen molar-refractivity contribution in [2.24, 2.45) is 5.92 Å². The number of aromatic nitrogens is 1. The lowest BCUT2D eigenvalue weighted by Crippen LogP contribution is -2.44. The summed E-state index contributed by atoms with van der Waals surface area (Å²) in [4.78, 5) is 33.9. The molecular formula is C21H30N4O3. The van der Waals surface area contributed by atoms with Crippen molar-refractivity contribution in [3.05, 3.63) is 17.8 Å². The van der Waals surface area contributed by atoms with Crippen molar-refractivity contribution in [2.75, 3.05) is 49.6 Å². The van der Waals surface area contributed by atoms with Gasteiger partial charge in [-0.05, 0) is 37.7 Å². The molecule has 2 amide bonds. The van der Waals surface area contributed by atoms with Crippen LogP contribution in [0.15, 0.2) is 12.3 Å². The fraction of sp³-hybridized carbons (Fsp3) is 0.667. The van der Waals surface area contributed by atoms with E-state index in [0.717, 1.165) is 57.7 Å². The van der Waals surface area contributed by atoms with Crippen molar-refractivity contribution in [3.8, 4) is 0 Å². The summed E-state index contributed by atoms with van der Waals surface area (Å²) in [5, 5.41) is 3.09. The van der Waals surface area contributed by atoms with Crippen LogP contribution in [-0.4, -0.2) is 61.1 Å². The first-order chi connectivity index (χ1) is 13.7. The van der Waals surface area contributed by atoms with Crippen LogP contribution >= 0.6 is 0 Å². The number of likely N-dealkylation sites (tertiary alicyclic amines) is 1. The van der Waals surface area contributed by atoms with Crippen molar-refractivity contribution in [1.29, 1.82) is 0 Å². The van der Waals surface area contributed by atoms with E-state index in [4.69, 9.17) is 4.74 Å². The zero-order valence-corrected chi connectivity index (χ0v) is 16.5. The molecule has 1 aromatic rings.